The zero-order chi connectivity index (χ0) is 42.1. The van der Waals surface area contributed by atoms with Gasteiger partial charge in [0.25, 0.3) is 0 Å². The minimum atomic E-state index is 0.935. The lowest BCUT2D eigenvalue weighted by Crippen LogP contribution is -1.97. The topological polar surface area (TPSA) is 35.6 Å². The van der Waals surface area contributed by atoms with E-state index in [-0.39, 0.29) is 0 Å². The summed E-state index contributed by atoms with van der Waals surface area (Å²) in [7, 11) is 0. The highest BCUT2D eigenvalue weighted by Gasteiger charge is 2.19. The number of para-hydroxylation sites is 4. The van der Waals surface area contributed by atoms with Crippen LogP contribution in [0.1, 0.15) is 0 Å². The standard InChI is InChI=1S/C60H38N4/c1-3-15-41(16-4-1)59-61-54-23-11-13-25-56(54)63(59)44-32-27-39(28-33-44)43-31-36-50-52(37-43)46-19-7-8-20-47(46)53-38-51(48-21-9-10-22-49(48)58(50)53)40-29-34-45(35-30-40)64-57-26-14-12-24-55(57)62-60(64)42-17-5-2-6-18-42/h1-38H. The van der Waals surface area contributed by atoms with E-state index in [1.807, 2.05) is 6.07 Å². The fraction of sp³-hybridized carbons (Fsp3) is 0. The van der Waals surface area contributed by atoms with E-state index in [9.17, 15) is 0 Å². The number of aromatic nitrogens is 4. The van der Waals surface area contributed by atoms with Gasteiger partial charge in [-0.2, -0.15) is 0 Å². The van der Waals surface area contributed by atoms with Crippen LogP contribution < -0.4 is 0 Å². The molecule has 0 fully saturated rings. The summed E-state index contributed by atoms with van der Waals surface area (Å²) in [6, 6.07) is 82.8. The Morgan fingerprint density at radius 2 is 0.703 bits per heavy atom. The first-order valence-corrected chi connectivity index (χ1v) is 21.8. The van der Waals surface area contributed by atoms with Crippen LogP contribution in [0.4, 0.5) is 0 Å². The molecule has 2 heterocycles. The minimum absolute atomic E-state index is 0.935. The van der Waals surface area contributed by atoms with E-state index in [2.05, 4.69) is 234 Å². The normalized spacial score (nSPS) is 11.8. The summed E-state index contributed by atoms with van der Waals surface area (Å²) in [5.74, 6) is 1.87. The minimum Gasteiger partial charge on any atom is -0.292 e. The monoisotopic (exact) mass is 814 g/mol. The molecular weight excluding hydrogens is 777 g/mol. The summed E-state index contributed by atoms with van der Waals surface area (Å²) in [5.41, 5.74) is 13.2. The van der Waals surface area contributed by atoms with Crippen LogP contribution >= 0.6 is 0 Å². The van der Waals surface area contributed by atoms with Crippen LogP contribution in [0.15, 0.2) is 231 Å². The molecule has 0 unspecified atom stereocenters. The SMILES string of the molecule is c1ccc(-c2nc3ccccc3n2-c2ccc(-c3ccc4c(c3)c3ccccc3c3cc(-c5ccc(-n6c(-c7ccccc7)nc7ccccc76)cc5)c5ccccc5c43)cc2)cc1. The van der Waals surface area contributed by atoms with Crippen molar-refractivity contribution in [3.8, 4) is 56.4 Å². The number of hydrogen-bond donors (Lipinski definition) is 0. The molecule has 0 bridgehead atoms. The molecule has 0 spiro atoms. The van der Waals surface area contributed by atoms with Gasteiger partial charge in [0, 0.05) is 22.5 Å². The predicted molar refractivity (Wildman–Crippen MR) is 267 cm³/mol. The Kier molecular flexibility index (Phi) is 8.18. The Morgan fingerprint density at radius 1 is 0.266 bits per heavy atom. The van der Waals surface area contributed by atoms with E-state index >= 15 is 0 Å². The maximum atomic E-state index is 5.09. The summed E-state index contributed by atoms with van der Waals surface area (Å²) >= 11 is 0. The average molecular weight is 815 g/mol. The number of imidazole rings is 2. The average Bonchev–Trinajstić information content (AvgIpc) is 3.96. The van der Waals surface area contributed by atoms with Crippen LogP contribution in [0, 0.1) is 0 Å². The number of rotatable bonds is 6. The predicted octanol–water partition coefficient (Wildman–Crippen LogP) is 15.6. The first kappa shape index (κ1) is 36.1. The Balaban J connectivity index is 0.936. The lowest BCUT2D eigenvalue weighted by Gasteiger charge is -2.17. The van der Waals surface area contributed by atoms with Gasteiger partial charge < -0.3 is 0 Å². The van der Waals surface area contributed by atoms with E-state index < -0.39 is 0 Å². The number of hydrogen-bond acceptors (Lipinski definition) is 2. The quantitative estimate of drug-likeness (QED) is 0.157. The number of fused-ring (bicyclic) bond motifs is 10. The van der Waals surface area contributed by atoms with Crippen molar-refractivity contribution in [3.05, 3.63) is 231 Å². The van der Waals surface area contributed by atoms with Gasteiger partial charge in [-0.15, -0.1) is 0 Å². The van der Waals surface area contributed by atoms with Crippen molar-refractivity contribution >= 4 is 65.2 Å². The molecule has 0 radical (unpaired) electrons. The van der Waals surface area contributed by atoms with Crippen molar-refractivity contribution in [1.29, 1.82) is 0 Å². The van der Waals surface area contributed by atoms with Crippen LogP contribution in [0.5, 0.6) is 0 Å². The largest absolute Gasteiger partial charge is 0.292 e. The Bertz CT molecular complexity index is 3920. The molecule has 0 N–H and O–H groups in total. The molecule has 4 nitrogen and oxygen atoms in total. The molecule has 0 saturated carbocycles. The molecule has 0 atom stereocenters. The third-order valence-electron chi connectivity index (χ3n) is 12.9. The van der Waals surface area contributed by atoms with Crippen molar-refractivity contribution in [2.24, 2.45) is 0 Å². The summed E-state index contributed by atoms with van der Waals surface area (Å²) < 4.78 is 4.55. The van der Waals surface area contributed by atoms with Gasteiger partial charge in [-0.25, -0.2) is 9.97 Å². The zero-order valence-corrected chi connectivity index (χ0v) is 34.7. The molecule has 11 aromatic carbocycles. The highest BCUT2D eigenvalue weighted by molar-refractivity contribution is 6.33. The molecular formula is C60H38N4. The van der Waals surface area contributed by atoms with E-state index in [0.717, 1.165) is 56.2 Å². The molecule has 13 rings (SSSR count). The van der Waals surface area contributed by atoms with Crippen LogP contribution in [0.25, 0.3) is 122 Å². The summed E-state index contributed by atoms with van der Waals surface area (Å²) in [6.07, 6.45) is 0. The Hall–Kier alpha value is -8.60. The van der Waals surface area contributed by atoms with Gasteiger partial charge >= 0.3 is 0 Å². The molecule has 298 valence electrons. The second-order valence-corrected chi connectivity index (χ2v) is 16.5. The lowest BCUT2D eigenvalue weighted by atomic mass is 9.86. The van der Waals surface area contributed by atoms with Gasteiger partial charge in [-0.1, -0.05) is 170 Å². The molecule has 2 aromatic heterocycles. The first-order valence-electron chi connectivity index (χ1n) is 21.8. The van der Waals surface area contributed by atoms with Crippen LogP contribution in [-0.4, -0.2) is 19.1 Å². The van der Waals surface area contributed by atoms with Crippen molar-refractivity contribution in [2.75, 3.05) is 0 Å². The second-order valence-electron chi connectivity index (χ2n) is 16.5. The molecule has 64 heavy (non-hydrogen) atoms. The summed E-state index contributed by atoms with van der Waals surface area (Å²) in [6.45, 7) is 0. The third kappa shape index (κ3) is 5.70. The summed E-state index contributed by atoms with van der Waals surface area (Å²) in [4.78, 5) is 10.2. The van der Waals surface area contributed by atoms with Crippen LogP contribution in [0.3, 0.4) is 0 Å². The van der Waals surface area contributed by atoms with Gasteiger partial charge in [0.2, 0.25) is 0 Å². The Labute approximate surface area is 369 Å². The second kappa shape index (κ2) is 14.5. The van der Waals surface area contributed by atoms with Crippen LogP contribution in [0.2, 0.25) is 0 Å². The molecule has 0 saturated heterocycles. The molecule has 13 aromatic rings. The van der Waals surface area contributed by atoms with Crippen molar-refractivity contribution in [2.45, 2.75) is 0 Å². The Morgan fingerprint density at radius 3 is 1.28 bits per heavy atom. The van der Waals surface area contributed by atoms with Crippen molar-refractivity contribution in [1.82, 2.24) is 19.1 Å². The van der Waals surface area contributed by atoms with Crippen molar-refractivity contribution < 1.29 is 0 Å². The maximum absolute atomic E-state index is 5.09. The fourth-order valence-corrected chi connectivity index (χ4v) is 9.96. The van der Waals surface area contributed by atoms with E-state index in [4.69, 9.17) is 9.97 Å². The van der Waals surface area contributed by atoms with Gasteiger partial charge in [-0.05, 0) is 126 Å². The lowest BCUT2D eigenvalue weighted by molar-refractivity contribution is 1.10. The fourth-order valence-electron chi connectivity index (χ4n) is 9.96. The van der Waals surface area contributed by atoms with Gasteiger partial charge in [-0.3, -0.25) is 9.13 Å². The number of benzene rings is 11. The van der Waals surface area contributed by atoms with Crippen LogP contribution in [-0.2, 0) is 0 Å². The number of nitrogens with zero attached hydrogens (tertiary/aromatic N) is 4. The molecule has 0 amide bonds. The van der Waals surface area contributed by atoms with Gasteiger partial charge in [0.1, 0.15) is 11.6 Å². The summed E-state index contributed by atoms with van der Waals surface area (Å²) in [5, 5.41) is 10.0. The van der Waals surface area contributed by atoms with Gasteiger partial charge in [0.05, 0.1) is 22.1 Å². The van der Waals surface area contributed by atoms with E-state index in [0.29, 0.717) is 0 Å². The first-order chi connectivity index (χ1) is 31.7. The molecule has 4 heteroatoms. The van der Waals surface area contributed by atoms with E-state index in [1.54, 1.807) is 0 Å². The third-order valence-corrected chi connectivity index (χ3v) is 12.9. The highest BCUT2D eigenvalue weighted by atomic mass is 15.1. The van der Waals surface area contributed by atoms with Gasteiger partial charge in [0.15, 0.2) is 0 Å². The molecule has 0 aliphatic heterocycles. The zero-order valence-electron chi connectivity index (χ0n) is 34.7. The maximum Gasteiger partial charge on any atom is 0.145 e. The molecule has 0 aliphatic carbocycles. The molecule has 0 aliphatic rings. The smallest absolute Gasteiger partial charge is 0.145 e. The van der Waals surface area contributed by atoms with E-state index in [1.165, 1.54) is 65.3 Å². The highest BCUT2D eigenvalue weighted by Crippen LogP contribution is 2.44. The van der Waals surface area contributed by atoms with Crippen molar-refractivity contribution in [3.63, 3.8) is 0 Å².